The van der Waals surface area contributed by atoms with Gasteiger partial charge < -0.3 is 5.32 Å². The van der Waals surface area contributed by atoms with Gasteiger partial charge in [0.05, 0.1) is 5.54 Å². The maximum absolute atomic E-state index is 4.75. The van der Waals surface area contributed by atoms with E-state index in [0.29, 0.717) is 17.8 Å². The molecule has 0 spiro atoms. The van der Waals surface area contributed by atoms with Crippen molar-refractivity contribution in [3.63, 3.8) is 0 Å². The van der Waals surface area contributed by atoms with Crippen molar-refractivity contribution in [3.8, 4) is 0 Å². The Morgan fingerprint density at radius 2 is 2.12 bits per heavy atom. The standard InChI is InChI=1S/C32H45N/c1-9-15-27(11-3)19-18-25(6)31-22-29(20-23(4)10-2)26(7)32(31,33-8)21-24(5)30(31)28-16-13-12-14-17-28/h9-10,12-13,15-16,18-20,24-25,30,33H,1,7,11,14,17,21-22H2,2-6,8H3/b19-18-,23-10-,27-15-,29-20-. The summed E-state index contributed by atoms with van der Waals surface area (Å²) in [4.78, 5) is 0. The number of rotatable bonds is 8. The third-order valence-corrected chi connectivity index (χ3v) is 8.81. The number of hydrogen-bond acceptors (Lipinski definition) is 1. The van der Waals surface area contributed by atoms with E-state index in [0.717, 1.165) is 25.7 Å². The van der Waals surface area contributed by atoms with Crippen LogP contribution in [0, 0.1) is 23.2 Å². The molecule has 1 N–H and O–H groups in total. The predicted octanol–water partition coefficient (Wildman–Crippen LogP) is 8.43. The normalized spacial score (nSPS) is 34.8. The van der Waals surface area contributed by atoms with Crippen molar-refractivity contribution in [1.29, 1.82) is 0 Å². The summed E-state index contributed by atoms with van der Waals surface area (Å²) < 4.78 is 0. The van der Waals surface area contributed by atoms with Gasteiger partial charge in [-0.15, -0.1) is 0 Å². The second-order valence-electron chi connectivity index (χ2n) is 10.4. The van der Waals surface area contributed by atoms with Crippen molar-refractivity contribution in [2.45, 2.75) is 72.3 Å². The lowest BCUT2D eigenvalue weighted by molar-refractivity contribution is 0.0904. The molecule has 3 aliphatic rings. The first kappa shape index (κ1) is 25.5. The maximum Gasteiger partial charge on any atom is 0.0503 e. The van der Waals surface area contributed by atoms with Gasteiger partial charge in [0.25, 0.3) is 0 Å². The molecule has 33 heavy (non-hydrogen) atoms. The van der Waals surface area contributed by atoms with Crippen LogP contribution in [0.25, 0.3) is 0 Å². The van der Waals surface area contributed by atoms with Gasteiger partial charge in [-0.1, -0.05) is 99.8 Å². The van der Waals surface area contributed by atoms with Crippen LogP contribution in [0.3, 0.4) is 0 Å². The van der Waals surface area contributed by atoms with Crippen LogP contribution in [-0.4, -0.2) is 12.6 Å². The fourth-order valence-corrected chi connectivity index (χ4v) is 7.20. The third-order valence-electron chi connectivity index (χ3n) is 8.81. The zero-order valence-electron chi connectivity index (χ0n) is 21.9. The van der Waals surface area contributed by atoms with Crippen LogP contribution in [0.1, 0.15) is 66.7 Å². The minimum absolute atomic E-state index is 0.0681. The first-order chi connectivity index (χ1) is 15.8. The van der Waals surface area contributed by atoms with Crippen molar-refractivity contribution < 1.29 is 0 Å². The van der Waals surface area contributed by atoms with Gasteiger partial charge in [-0.3, -0.25) is 0 Å². The molecule has 0 aromatic carbocycles. The van der Waals surface area contributed by atoms with Gasteiger partial charge in [-0.05, 0) is 87.5 Å². The highest BCUT2D eigenvalue weighted by Crippen LogP contribution is 2.70. The summed E-state index contributed by atoms with van der Waals surface area (Å²) in [7, 11) is 2.17. The van der Waals surface area contributed by atoms with E-state index in [2.05, 4.69) is 102 Å². The van der Waals surface area contributed by atoms with E-state index in [1.54, 1.807) is 5.57 Å². The summed E-state index contributed by atoms with van der Waals surface area (Å²) >= 11 is 0. The molecule has 0 aromatic rings. The first-order valence-corrected chi connectivity index (χ1v) is 12.9. The average molecular weight is 444 g/mol. The Morgan fingerprint density at radius 3 is 2.70 bits per heavy atom. The fourth-order valence-electron chi connectivity index (χ4n) is 7.20. The Balaban J connectivity index is 2.22. The molecule has 0 amide bonds. The molecule has 0 heterocycles. The van der Waals surface area contributed by atoms with E-state index < -0.39 is 0 Å². The van der Waals surface area contributed by atoms with E-state index in [-0.39, 0.29) is 11.0 Å². The number of nitrogens with one attached hydrogen (secondary N) is 1. The zero-order chi connectivity index (χ0) is 24.2. The lowest BCUT2D eigenvalue weighted by Crippen LogP contribution is -2.55. The molecular formula is C32H45N. The van der Waals surface area contributed by atoms with Gasteiger partial charge in [0, 0.05) is 5.41 Å². The second-order valence-corrected chi connectivity index (χ2v) is 10.4. The fraction of sp³-hybridized carbons (Fsp3) is 0.500. The summed E-state index contributed by atoms with van der Waals surface area (Å²) in [5.74, 6) is 1.55. The SMILES string of the molecule is C=C/C=C(\C=C/C(C)C12C/C(=C/C(C)=C\C)C(=C)C1(NC)CC(C)C2C1=CC=CCC1)CC. The molecule has 5 atom stereocenters. The monoisotopic (exact) mass is 443 g/mol. The molecule has 1 heteroatoms. The summed E-state index contributed by atoms with van der Waals surface area (Å²) in [6.07, 6.45) is 26.1. The van der Waals surface area contributed by atoms with Crippen molar-refractivity contribution in [2.75, 3.05) is 7.05 Å². The molecule has 0 radical (unpaired) electrons. The highest BCUT2D eigenvalue weighted by atomic mass is 15.0. The Morgan fingerprint density at radius 1 is 1.36 bits per heavy atom. The van der Waals surface area contributed by atoms with Crippen molar-refractivity contribution in [2.24, 2.45) is 23.2 Å². The van der Waals surface area contributed by atoms with Gasteiger partial charge in [0.2, 0.25) is 0 Å². The minimum atomic E-state index is -0.0861. The summed E-state index contributed by atoms with van der Waals surface area (Å²) in [5, 5.41) is 3.89. The summed E-state index contributed by atoms with van der Waals surface area (Å²) in [5.41, 5.74) is 7.02. The van der Waals surface area contributed by atoms with E-state index in [4.69, 9.17) is 6.58 Å². The molecule has 0 aromatic heterocycles. The molecule has 2 fully saturated rings. The van der Waals surface area contributed by atoms with Crippen LogP contribution < -0.4 is 5.32 Å². The third kappa shape index (κ3) is 4.26. The second kappa shape index (κ2) is 10.4. The minimum Gasteiger partial charge on any atom is -0.310 e. The molecule has 0 aliphatic heterocycles. The maximum atomic E-state index is 4.75. The Labute approximate surface area is 203 Å². The summed E-state index contributed by atoms with van der Waals surface area (Å²) in [6.45, 7) is 20.1. The average Bonchev–Trinajstić information content (AvgIpc) is 3.22. The summed E-state index contributed by atoms with van der Waals surface area (Å²) in [6, 6.07) is 0. The van der Waals surface area contributed by atoms with Gasteiger partial charge in [-0.25, -0.2) is 0 Å². The van der Waals surface area contributed by atoms with Gasteiger partial charge in [0.15, 0.2) is 0 Å². The topological polar surface area (TPSA) is 12.0 Å². The highest BCUT2D eigenvalue weighted by molar-refractivity contribution is 5.54. The highest BCUT2D eigenvalue weighted by Gasteiger charge is 2.69. The zero-order valence-corrected chi connectivity index (χ0v) is 21.9. The van der Waals surface area contributed by atoms with Crippen LogP contribution in [0.5, 0.6) is 0 Å². The van der Waals surface area contributed by atoms with Gasteiger partial charge in [-0.2, -0.15) is 0 Å². The largest absolute Gasteiger partial charge is 0.310 e. The molecular weight excluding hydrogens is 398 g/mol. The van der Waals surface area contributed by atoms with E-state index >= 15 is 0 Å². The van der Waals surface area contributed by atoms with E-state index in [1.165, 1.54) is 28.7 Å². The van der Waals surface area contributed by atoms with Crippen molar-refractivity contribution in [3.05, 3.63) is 95.7 Å². The molecule has 2 saturated carbocycles. The predicted molar refractivity (Wildman–Crippen MR) is 146 cm³/mol. The first-order valence-electron chi connectivity index (χ1n) is 12.9. The molecule has 1 nitrogen and oxygen atoms in total. The number of fused-ring (bicyclic) bond motifs is 1. The van der Waals surface area contributed by atoms with Crippen LogP contribution >= 0.6 is 0 Å². The number of hydrogen-bond donors (Lipinski definition) is 1. The van der Waals surface area contributed by atoms with Crippen LogP contribution in [0.2, 0.25) is 0 Å². The molecule has 3 rings (SSSR count). The molecule has 178 valence electrons. The number of allylic oxidation sites excluding steroid dienone is 12. The Hall–Kier alpha value is -2.12. The smallest absolute Gasteiger partial charge is 0.0503 e. The van der Waals surface area contributed by atoms with Crippen molar-refractivity contribution in [1.82, 2.24) is 5.32 Å². The molecule has 3 aliphatic carbocycles. The lowest BCUT2D eigenvalue weighted by atomic mass is 9.58. The van der Waals surface area contributed by atoms with E-state index in [1.807, 2.05) is 6.08 Å². The molecule has 0 saturated heterocycles. The van der Waals surface area contributed by atoms with Crippen LogP contribution in [0.15, 0.2) is 95.7 Å². The Kier molecular flexibility index (Phi) is 8.06. The molecule has 0 bridgehead atoms. The molecule has 5 unspecified atom stereocenters. The lowest BCUT2D eigenvalue weighted by Gasteiger charge is -2.49. The van der Waals surface area contributed by atoms with Crippen LogP contribution in [-0.2, 0) is 0 Å². The Bertz CT molecular complexity index is 949. The van der Waals surface area contributed by atoms with E-state index in [9.17, 15) is 0 Å². The van der Waals surface area contributed by atoms with Gasteiger partial charge in [0.1, 0.15) is 0 Å². The van der Waals surface area contributed by atoms with Crippen molar-refractivity contribution >= 4 is 0 Å². The quantitative estimate of drug-likeness (QED) is 0.371. The van der Waals surface area contributed by atoms with Crippen LogP contribution in [0.4, 0.5) is 0 Å². The number of likely N-dealkylation sites (N-methyl/N-ethyl adjacent to an activating group) is 1. The van der Waals surface area contributed by atoms with Gasteiger partial charge >= 0.3 is 0 Å².